The topological polar surface area (TPSA) is 18.5 Å². The van der Waals surface area contributed by atoms with E-state index in [0.29, 0.717) is 13.2 Å². The minimum atomic E-state index is -0.214. The summed E-state index contributed by atoms with van der Waals surface area (Å²) in [5, 5.41) is 0. The second-order valence-corrected chi connectivity index (χ2v) is 5.77. The summed E-state index contributed by atoms with van der Waals surface area (Å²) in [6.45, 7) is 1.15. The third kappa shape index (κ3) is 2.80. The predicted octanol–water partition coefficient (Wildman–Crippen LogP) is 4.28. The van der Waals surface area contributed by atoms with Crippen LogP contribution in [0.15, 0.2) is 42.5 Å². The zero-order chi connectivity index (χ0) is 13.9. The maximum atomic E-state index is 12.9. The van der Waals surface area contributed by atoms with E-state index in [2.05, 4.69) is 15.9 Å². The Bertz CT molecular complexity index is 598. The summed E-state index contributed by atoms with van der Waals surface area (Å²) in [4.78, 5) is 0.101. The van der Waals surface area contributed by atoms with E-state index in [9.17, 15) is 4.39 Å². The molecule has 2 aromatic carbocycles. The molecule has 0 saturated carbocycles. The van der Waals surface area contributed by atoms with E-state index in [-0.39, 0.29) is 10.6 Å². The van der Waals surface area contributed by atoms with Gasteiger partial charge in [0.25, 0.3) is 0 Å². The van der Waals surface area contributed by atoms with Gasteiger partial charge in [-0.2, -0.15) is 0 Å². The van der Waals surface area contributed by atoms with Gasteiger partial charge in [-0.1, -0.05) is 40.2 Å². The van der Waals surface area contributed by atoms with Crippen LogP contribution >= 0.6 is 15.9 Å². The van der Waals surface area contributed by atoms with Gasteiger partial charge in [-0.3, -0.25) is 0 Å². The van der Waals surface area contributed by atoms with Crippen molar-refractivity contribution in [1.29, 1.82) is 0 Å². The van der Waals surface area contributed by atoms with Crippen LogP contribution < -0.4 is 9.47 Å². The van der Waals surface area contributed by atoms with Crippen molar-refractivity contribution in [3.63, 3.8) is 0 Å². The lowest BCUT2D eigenvalue weighted by Crippen LogP contribution is -2.17. The Balaban J connectivity index is 1.83. The van der Waals surface area contributed by atoms with Crippen LogP contribution in [0.3, 0.4) is 0 Å². The number of hydrogen-bond acceptors (Lipinski definition) is 2. The Kier molecular flexibility index (Phi) is 3.92. The minimum Gasteiger partial charge on any atom is -0.486 e. The quantitative estimate of drug-likeness (QED) is 0.779. The Morgan fingerprint density at radius 3 is 2.60 bits per heavy atom. The fraction of sp³-hybridized carbons (Fsp3) is 0.250. The van der Waals surface area contributed by atoms with Crippen molar-refractivity contribution in [2.24, 2.45) is 0 Å². The number of benzene rings is 2. The fourth-order valence-corrected chi connectivity index (χ4v) is 3.01. The van der Waals surface area contributed by atoms with Gasteiger partial charge in [0.2, 0.25) is 0 Å². The second kappa shape index (κ2) is 5.83. The average molecular weight is 337 g/mol. The molecule has 104 valence electrons. The van der Waals surface area contributed by atoms with Crippen LogP contribution in [0, 0.1) is 5.82 Å². The molecule has 3 rings (SSSR count). The molecule has 0 aromatic heterocycles. The molecule has 0 radical (unpaired) electrons. The molecular weight excluding hydrogens is 323 g/mol. The molecule has 0 amide bonds. The molecule has 2 nitrogen and oxygen atoms in total. The molecule has 0 spiro atoms. The Labute approximate surface area is 125 Å². The third-order valence-corrected chi connectivity index (χ3v) is 4.08. The van der Waals surface area contributed by atoms with Crippen molar-refractivity contribution in [3.8, 4) is 11.5 Å². The van der Waals surface area contributed by atoms with Crippen molar-refractivity contribution in [3.05, 3.63) is 59.4 Å². The highest BCUT2D eigenvalue weighted by atomic mass is 79.9. The first-order chi connectivity index (χ1) is 9.74. The molecule has 4 heteroatoms. The van der Waals surface area contributed by atoms with E-state index in [4.69, 9.17) is 9.47 Å². The average Bonchev–Trinajstić information content (AvgIpc) is 2.49. The van der Waals surface area contributed by atoms with Crippen molar-refractivity contribution in [2.45, 2.75) is 11.2 Å². The molecular formula is C16H14BrFO2. The van der Waals surface area contributed by atoms with Crippen LogP contribution in [0.1, 0.15) is 16.0 Å². The van der Waals surface area contributed by atoms with Crippen molar-refractivity contribution < 1.29 is 13.9 Å². The maximum Gasteiger partial charge on any atom is 0.165 e. The van der Waals surface area contributed by atoms with Crippen LogP contribution in [-0.2, 0) is 6.42 Å². The first kappa shape index (κ1) is 13.4. The number of fused-ring (bicyclic) bond motifs is 1. The zero-order valence-electron chi connectivity index (χ0n) is 10.8. The lowest BCUT2D eigenvalue weighted by Gasteiger charge is -2.23. The van der Waals surface area contributed by atoms with E-state index in [1.807, 2.05) is 18.2 Å². The van der Waals surface area contributed by atoms with E-state index in [1.54, 1.807) is 12.1 Å². The summed E-state index contributed by atoms with van der Waals surface area (Å²) in [6, 6.07) is 12.5. The first-order valence-electron chi connectivity index (χ1n) is 6.51. The number of hydrogen-bond donors (Lipinski definition) is 0. The molecule has 0 fully saturated rings. The fourth-order valence-electron chi connectivity index (χ4n) is 2.28. The van der Waals surface area contributed by atoms with Crippen LogP contribution in [-0.4, -0.2) is 13.2 Å². The Morgan fingerprint density at radius 1 is 1.05 bits per heavy atom. The monoisotopic (exact) mass is 336 g/mol. The van der Waals surface area contributed by atoms with E-state index >= 15 is 0 Å². The number of alkyl halides is 1. The third-order valence-electron chi connectivity index (χ3n) is 3.26. The second-order valence-electron chi connectivity index (χ2n) is 4.67. The lowest BCUT2D eigenvalue weighted by atomic mass is 10.0. The van der Waals surface area contributed by atoms with Gasteiger partial charge < -0.3 is 9.47 Å². The zero-order valence-corrected chi connectivity index (χ0v) is 12.4. The van der Waals surface area contributed by atoms with Crippen LogP contribution in [0.4, 0.5) is 4.39 Å². The molecule has 0 saturated heterocycles. The van der Waals surface area contributed by atoms with Gasteiger partial charge in [0.1, 0.15) is 19.0 Å². The molecule has 2 aromatic rings. The highest BCUT2D eigenvalue weighted by Gasteiger charge is 2.20. The Hall–Kier alpha value is -1.55. The summed E-state index contributed by atoms with van der Waals surface area (Å²) >= 11 is 3.69. The van der Waals surface area contributed by atoms with Gasteiger partial charge in [-0.15, -0.1) is 0 Å². The van der Waals surface area contributed by atoms with Crippen molar-refractivity contribution in [1.82, 2.24) is 0 Å². The van der Waals surface area contributed by atoms with E-state index < -0.39 is 0 Å². The number of halogens is 2. The molecule has 1 heterocycles. The van der Waals surface area contributed by atoms with Gasteiger partial charge >= 0.3 is 0 Å². The van der Waals surface area contributed by atoms with Gasteiger partial charge in [0.15, 0.2) is 11.5 Å². The van der Waals surface area contributed by atoms with Crippen LogP contribution in [0.2, 0.25) is 0 Å². The van der Waals surface area contributed by atoms with E-state index in [0.717, 1.165) is 29.0 Å². The highest BCUT2D eigenvalue weighted by Crippen LogP contribution is 2.41. The largest absolute Gasteiger partial charge is 0.486 e. The lowest BCUT2D eigenvalue weighted by molar-refractivity contribution is 0.170. The van der Waals surface area contributed by atoms with Crippen LogP contribution in [0.25, 0.3) is 0 Å². The van der Waals surface area contributed by atoms with Gasteiger partial charge in [0.05, 0.1) is 0 Å². The molecule has 1 atom stereocenters. The smallest absolute Gasteiger partial charge is 0.165 e. The standard InChI is InChI=1S/C16H14BrFO2/c17-14(10-11-4-6-12(18)7-5-11)13-2-1-3-15-16(13)20-9-8-19-15/h1-7,14H,8-10H2. The van der Waals surface area contributed by atoms with Gasteiger partial charge in [-0.05, 0) is 30.2 Å². The minimum absolute atomic E-state index is 0.101. The number of rotatable bonds is 3. The maximum absolute atomic E-state index is 12.9. The number of para-hydroxylation sites is 1. The molecule has 1 unspecified atom stereocenters. The van der Waals surface area contributed by atoms with E-state index in [1.165, 1.54) is 12.1 Å². The predicted molar refractivity (Wildman–Crippen MR) is 79.2 cm³/mol. The summed E-state index contributed by atoms with van der Waals surface area (Å²) in [5.74, 6) is 1.38. The first-order valence-corrected chi connectivity index (χ1v) is 7.42. The SMILES string of the molecule is Fc1ccc(CC(Br)c2cccc3c2OCCO3)cc1. The molecule has 20 heavy (non-hydrogen) atoms. The normalized spacial score (nSPS) is 14.9. The van der Waals surface area contributed by atoms with Crippen molar-refractivity contribution in [2.75, 3.05) is 13.2 Å². The Morgan fingerprint density at radius 2 is 1.80 bits per heavy atom. The number of ether oxygens (including phenoxy) is 2. The summed E-state index contributed by atoms with van der Waals surface area (Å²) in [7, 11) is 0. The van der Waals surface area contributed by atoms with Gasteiger partial charge in [-0.25, -0.2) is 4.39 Å². The molecule has 0 N–H and O–H groups in total. The summed E-state index contributed by atoms with van der Waals surface area (Å²) in [5.41, 5.74) is 2.13. The summed E-state index contributed by atoms with van der Waals surface area (Å²) < 4.78 is 24.2. The highest BCUT2D eigenvalue weighted by molar-refractivity contribution is 9.09. The molecule has 1 aliphatic rings. The van der Waals surface area contributed by atoms with Crippen LogP contribution in [0.5, 0.6) is 11.5 Å². The van der Waals surface area contributed by atoms with Gasteiger partial charge in [0, 0.05) is 10.4 Å². The molecule has 0 bridgehead atoms. The molecule has 1 aliphatic heterocycles. The molecule has 0 aliphatic carbocycles. The van der Waals surface area contributed by atoms with Crippen molar-refractivity contribution >= 4 is 15.9 Å². The summed E-state index contributed by atoms with van der Waals surface area (Å²) in [6.07, 6.45) is 0.764.